The van der Waals surface area contributed by atoms with Crippen LogP contribution < -0.4 is 11.1 Å². The molecule has 2 amide bonds. The second-order valence-corrected chi connectivity index (χ2v) is 3.58. The van der Waals surface area contributed by atoms with Crippen molar-refractivity contribution in [2.24, 2.45) is 5.73 Å². The minimum atomic E-state index is -0.374. The van der Waals surface area contributed by atoms with Gasteiger partial charge in [0.2, 0.25) is 5.91 Å². The molecule has 1 rings (SSSR count). The van der Waals surface area contributed by atoms with Crippen LogP contribution in [0.15, 0.2) is 18.3 Å². The highest BCUT2D eigenvalue weighted by Gasteiger charge is 2.05. The number of pyridine rings is 1. The molecule has 5 nitrogen and oxygen atoms in total. The number of rotatable bonds is 5. The first-order valence-electron chi connectivity index (χ1n) is 4.77. The van der Waals surface area contributed by atoms with Crippen molar-refractivity contribution in [1.29, 1.82) is 0 Å². The molecule has 0 fully saturated rings. The van der Waals surface area contributed by atoms with Crippen molar-refractivity contribution in [2.75, 3.05) is 6.54 Å². The third kappa shape index (κ3) is 4.27. The van der Waals surface area contributed by atoms with Crippen molar-refractivity contribution in [1.82, 2.24) is 10.3 Å². The Labute approximate surface area is 98.0 Å². The first-order chi connectivity index (χ1) is 7.59. The average molecular weight is 242 g/mol. The first kappa shape index (κ1) is 12.4. The summed E-state index contributed by atoms with van der Waals surface area (Å²) in [6.45, 7) is 0.404. The molecule has 1 aromatic rings. The molecule has 0 aromatic carbocycles. The van der Waals surface area contributed by atoms with E-state index in [0.717, 1.165) is 0 Å². The highest BCUT2D eigenvalue weighted by molar-refractivity contribution is 6.29. The molecule has 3 N–H and O–H groups in total. The second kappa shape index (κ2) is 6.07. The van der Waals surface area contributed by atoms with Crippen LogP contribution >= 0.6 is 11.6 Å². The van der Waals surface area contributed by atoms with Crippen LogP contribution in [0.1, 0.15) is 23.2 Å². The van der Waals surface area contributed by atoms with Gasteiger partial charge in [-0.25, -0.2) is 4.98 Å². The minimum absolute atomic E-state index is 0.242. The SMILES string of the molecule is NC(=O)CCCNC(=O)c1ccnc(Cl)c1. The Balaban J connectivity index is 2.38. The normalized spacial score (nSPS) is 9.81. The number of nitrogens with one attached hydrogen (secondary N) is 1. The second-order valence-electron chi connectivity index (χ2n) is 3.19. The molecule has 0 aliphatic carbocycles. The van der Waals surface area contributed by atoms with Crippen LogP contribution in [0.25, 0.3) is 0 Å². The predicted molar refractivity (Wildman–Crippen MR) is 60.0 cm³/mol. The van der Waals surface area contributed by atoms with Crippen LogP contribution in [-0.4, -0.2) is 23.3 Å². The lowest BCUT2D eigenvalue weighted by Crippen LogP contribution is -2.25. The number of nitrogens with two attached hydrogens (primary N) is 1. The van der Waals surface area contributed by atoms with Gasteiger partial charge in [0, 0.05) is 24.7 Å². The topological polar surface area (TPSA) is 85.1 Å². The van der Waals surface area contributed by atoms with E-state index in [1.807, 2.05) is 0 Å². The van der Waals surface area contributed by atoms with Crippen molar-refractivity contribution >= 4 is 23.4 Å². The Morgan fingerprint density at radius 1 is 1.50 bits per heavy atom. The number of carbonyl (C=O) groups is 2. The van der Waals surface area contributed by atoms with Crippen LogP contribution in [0.5, 0.6) is 0 Å². The number of nitrogens with zero attached hydrogens (tertiary/aromatic N) is 1. The third-order valence-electron chi connectivity index (χ3n) is 1.87. The van der Waals surface area contributed by atoms with Gasteiger partial charge in [0.05, 0.1) is 0 Å². The molecule has 16 heavy (non-hydrogen) atoms. The van der Waals surface area contributed by atoms with Crippen molar-refractivity contribution in [3.63, 3.8) is 0 Å². The first-order valence-corrected chi connectivity index (χ1v) is 5.15. The number of aromatic nitrogens is 1. The number of hydrogen-bond acceptors (Lipinski definition) is 3. The summed E-state index contributed by atoms with van der Waals surface area (Å²) in [5.41, 5.74) is 5.41. The van der Waals surface area contributed by atoms with Crippen molar-refractivity contribution in [3.8, 4) is 0 Å². The van der Waals surface area contributed by atoms with Crippen molar-refractivity contribution in [2.45, 2.75) is 12.8 Å². The Bertz CT molecular complexity index is 395. The van der Waals surface area contributed by atoms with E-state index in [9.17, 15) is 9.59 Å². The molecule has 0 saturated carbocycles. The third-order valence-corrected chi connectivity index (χ3v) is 2.08. The van der Waals surface area contributed by atoms with Crippen LogP contribution in [0.2, 0.25) is 5.15 Å². The maximum atomic E-state index is 11.5. The molecule has 86 valence electrons. The van der Waals surface area contributed by atoms with E-state index in [1.54, 1.807) is 6.07 Å². The summed E-state index contributed by atoms with van der Waals surface area (Å²) in [6, 6.07) is 3.04. The zero-order valence-electron chi connectivity index (χ0n) is 8.57. The molecule has 0 saturated heterocycles. The smallest absolute Gasteiger partial charge is 0.251 e. The summed E-state index contributed by atoms with van der Waals surface area (Å²) in [5, 5.41) is 2.92. The van der Waals surface area contributed by atoms with Crippen LogP contribution in [0.4, 0.5) is 0 Å². The molecule has 0 unspecified atom stereocenters. The molecule has 0 spiro atoms. The number of primary amides is 1. The molecule has 0 radical (unpaired) electrons. The summed E-state index contributed by atoms with van der Waals surface area (Å²) < 4.78 is 0. The molecule has 6 heteroatoms. The molecule has 1 aromatic heterocycles. The standard InChI is InChI=1S/C10H12ClN3O2/c11-8-6-7(3-5-13-8)10(16)14-4-1-2-9(12)15/h3,5-6H,1-2,4H2,(H2,12,15)(H,14,16). The molecule has 0 atom stereocenters. The fraction of sp³-hybridized carbons (Fsp3) is 0.300. The lowest BCUT2D eigenvalue weighted by molar-refractivity contribution is -0.118. The highest BCUT2D eigenvalue weighted by Crippen LogP contribution is 2.06. The fourth-order valence-corrected chi connectivity index (χ4v) is 1.28. The lowest BCUT2D eigenvalue weighted by atomic mass is 10.2. The molecule has 1 heterocycles. The van der Waals surface area contributed by atoms with E-state index >= 15 is 0 Å². The Morgan fingerprint density at radius 3 is 2.88 bits per heavy atom. The fourth-order valence-electron chi connectivity index (χ4n) is 1.11. The van der Waals surface area contributed by atoms with Gasteiger partial charge in [-0.2, -0.15) is 0 Å². The zero-order chi connectivity index (χ0) is 12.0. The number of hydrogen-bond donors (Lipinski definition) is 2. The van der Waals surface area contributed by atoms with Gasteiger partial charge in [-0.1, -0.05) is 11.6 Å². The summed E-state index contributed by atoms with van der Waals surface area (Å²) >= 11 is 5.64. The van der Waals surface area contributed by atoms with E-state index < -0.39 is 0 Å². The monoisotopic (exact) mass is 241 g/mol. The van der Waals surface area contributed by atoms with E-state index in [-0.39, 0.29) is 23.4 Å². The highest BCUT2D eigenvalue weighted by atomic mass is 35.5. The lowest BCUT2D eigenvalue weighted by Gasteiger charge is -2.04. The molecule has 0 aliphatic heterocycles. The maximum Gasteiger partial charge on any atom is 0.251 e. The summed E-state index contributed by atoms with van der Waals surface area (Å²) in [6.07, 6.45) is 2.25. The van der Waals surface area contributed by atoms with Crippen molar-refractivity contribution < 1.29 is 9.59 Å². The van der Waals surface area contributed by atoms with Crippen LogP contribution in [0.3, 0.4) is 0 Å². The summed E-state index contributed by atoms with van der Waals surface area (Å²) in [4.78, 5) is 25.7. The van der Waals surface area contributed by atoms with Gasteiger partial charge in [-0.05, 0) is 18.6 Å². The van der Waals surface area contributed by atoms with Gasteiger partial charge in [0.15, 0.2) is 0 Å². The average Bonchev–Trinajstić information content (AvgIpc) is 2.24. The van der Waals surface area contributed by atoms with Gasteiger partial charge in [0.25, 0.3) is 5.91 Å². The molecular weight excluding hydrogens is 230 g/mol. The Hall–Kier alpha value is -1.62. The molecular formula is C10H12ClN3O2. The van der Waals surface area contributed by atoms with Gasteiger partial charge in [-0.15, -0.1) is 0 Å². The van der Waals surface area contributed by atoms with E-state index in [1.165, 1.54) is 12.3 Å². The summed E-state index contributed by atoms with van der Waals surface area (Å²) in [7, 11) is 0. The Morgan fingerprint density at radius 2 is 2.25 bits per heavy atom. The van der Waals surface area contributed by atoms with Gasteiger partial charge < -0.3 is 11.1 Å². The number of amides is 2. The predicted octanol–water partition coefficient (Wildman–Crippen LogP) is 0.730. The van der Waals surface area contributed by atoms with Crippen molar-refractivity contribution in [3.05, 3.63) is 29.0 Å². The number of halogens is 1. The van der Waals surface area contributed by atoms with Gasteiger partial charge >= 0.3 is 0 Å². The summed E-state index contributed by atoms with van der Waals surface area (Å²) in [5.74, 6) is -0.616. The maximum absolute atomic E-state index is 11.5. The van der Waals surface area contributed by atoms with Crippen LogP contribution in [0, 0.1) is 0 Å². The largest absolute Gasteiger partial charge is 0.370 e. The van der Waals surface area contributed by atoms with Gasteiger partial charge in [0.1, 0.15) is 5.15 Å². The van der Waals surface area contributed by atoms with E-state index in [0.29, 0.717) is 18.5 Å². The van der Waals surface area contributed by atoms with Gasteiger partial charge in [-0.3, -0.25) is 9.59 Å². The number of carbonyl (C=O) groups excluding carboxylic acids is 2. The minimum Gasteiger partial charge on any atom is -0.370 e. The molecule has 0 bridgehead atoms. The van der Waals surface area contributed by atoms with E-state index in [4.69, 9.17) is 17.3 Å². The van der Waals surface area contributed by atoms with Crippen LogP contribution in [-0.2, 0) is 4.79 Å². The quantitative estimate of drug-likeness (QED) is 0.589. The van der Waals surface area contributed by atoms with E-state index in [2.05, 4.69) is 10.3 Å². The Kier molecular flexibility index (Phi) is 4.72. The molecule has 0 aliphatic rings. The zero-order valence-corrected chi connectivity index (χ0v) is 9.33.